The Kier molecular flexibility index (Phi) is 4.22. The smallest absolute Gasteiger partial charge is 0.192 e. The van der Waals surface area contributed by atoms with E-state index in [1.807, 2.05) is 0 Å². The zero-order chi connectivity index (χ0) is 13.3. The molecular weight excluding hydrogens is 232 g/mol. The topological polar surface area (TPSA) is 46.5 Å². The molecule has 1 saturated carbocycles. The van der Waals surface area contributed by atoms with Gasteiger partial charge in [0.05, 0.1) is 6.61 Å². The summed E-state index contributed by atoms with van der Waals surface area (Å²) in [5.74, 6) is -0.0394. The zero-order valence-corrected chi connectivity index (χ0v) is 12.8. The molecule has 0 aromatic carbocycles. The first-order chi connectivity index (χ1) is 7.58. The van der Waals surface area contributed by atoms with Crippen LogP contribution in [0.4, 0.5) is 0 Å². The highest BCUT2D eigenvalue weighted by Crippen LogP contribution is 2.37. The van der Waals surface area contributed by atoms with Crippen molar-refractivity contribution >= 4 is 14.1 Å². The lowest BCUT2D eigenvalue weighted by Crippen LogP contribution is -2.50. The average Bonchev–Trinajstić information content (AvgIpc) is 2.19. The molecule has 1 fully saturated rings. The fourth-order valence-electron chi connectivity index (χ4n) is 1.74. The van der Waals surface area contributed by atoms with Crippen LogP contribution in [-0.4, -0.2) is 31.4 Å². The second kappa shape index (κ2) is 4.82. The molecule has 0 spiro atoms. The summed E-state index contributed by atoms with van der Waals surface area (Å²) in [6, 6.07) is 0. The van der Waals surface area contributed by atoms with Crippen molar-refractivity contribution in [2.45, 2.75) is 70.2 Å². The van der Waals surface area contributed by atoms with Gasteiger partial charge in [0.15, 0.2) is 14.1 Å². The number of rotatable bonds is 3. The van der Waals surface area contributed by atoms with Gasteiger partial charge in [-0.3, -0.25) is 4.79 Å². The zero-order valence-electron chi connectivity index (χ0n) is 11.8. The van der Waals surface area contributed by atoms with Crippen molar-refractivity contribution in [3.8, 4) is 0 Å². The number of aliphatic hydroxyl groups is 1. The van der Waals surface area contributed by atoms with E-state index < -0.39 is 13.9 Å². The largest absolute Gasteiger partial charge is 0.413 e. The molecule has 1 aliphatic rings. The summed E-state index contributed by atoms with van der Waals surface area (Å²) in [5, 5.41) is 10.4. The van der Waals surface area contributed by atoms with Crippen molar-refractivity contribution in [3.63, 3.8) is 0 Å². The van der Waals surface area contributed by atoms with E-state index in [0.29, 0.717) is 12.8 Å². The molecule has 17 heavy (non-hydrogen) atoms. The molecule has 1 aliphatic carbocycles. The number of carbonyl (C=O) groups is 1. The van der Waals surface area contributed by atoms with Gasteiger partial charge in [0, 0.05) is 6.42 Å². The third kappa shape index (κ3) is 3.39. The molecule has 100 valence electrons. The van der Waals surface area contributed by atoms with Crippen LogP contribution in [0, 0.1) is 0 Å². The Hall–Kier alpha value is -0.193. The molecule has 0 heterocycles. The molecule has 0 unspecified atom stereocenters. The predicted molar refractivity (Wildman–Crippen MR) is 71.6 cm³/mol. The van der Waals surface area contributed by atoms with Gasteiger partial charge in [-0.25, -0.2) is 0 Å². The summed E-state index contributed by atoms with van der Waals surface area (Å²) in [6.07, 6.45) is 2.88. The first-order valence-electron chi connectivity index (χ1n) is 6.48. The van der Waals surface area contributed by atoms with Gasteiger partial charge in [-0.2, -0.15) is 0 Å². The van der Waals surface area contributed by atoms with Gasteiger partial charge in [-0.05, 0) is 37.4 Å². The van der Waals surface area contributed by atoms with Gasteiger partial charge < -0.3 is 9.53 Å². The molecule has 3 nitrogen and oxygen atoms in total. The van der Waals surface area contributed by atoms with Gasteiger partial charge in [0.25, 0.3) is 0 Å². The van der Waals surface area contributed by atoms with Crippen molar-refractivity contribution in [2.24, 2.45) is 0 Å². The standard InChI is InChI=1S/C13H26O3Si/c1-12(2,3)17(4,5)16-10-13(15)9-7-6-8-11(13)14/h15H,6-10H2,1-5H3/t13-/m0/s1. The Bertz CT molecular complexity index is 294. The Morgan fingerprint density at radius 2 is 1.94 bits per heavy atom. The van der Waals surface area contributed by atoms with Crippen molar-refractivity contribution in [1.29, 1.82) is 0 Å². The second-order valence-corrected chi connectivity index (χ2v) is 11.5. The molecular formula is C13H26O3Si. The molecule has 4 heteroatoms. The number of Topliss-reactive ketones (excluding diaryl/α,β-unsaturated/α-hetero) is 1. The first kappa shape index (κ1) is 14.9. The van der Waals surface area contributed by atoms with E-state index in [1.165, 1.54) is 0 Å². The lowest BCUT2D eigenvalue weighted by atomic mass is 9.84. The normalized spacial score (nSPS) is 27.3. The van der Waals surface area contributed by atoms with Crippen LogP contribution in [0.15, 0.2) is 0 Å². The van der Waals surface area contributed by atoms with Crippen LogP contribution in [0.3, 0.4) is 0 Å². The second-order valence-electron chi connectivity index (χ2n) is 6.71. The Balaban J connectivity index is 2.63. The van der Waals surface area contributed by atoms with E-state index in [-0.39, 0.29) is 17.4 Å². The maximum Gasteiger partial charge on any atom is 0.192 e. The van der Waals surface area contributed by atoms with Crippen LogP contribution in [0.1, 0.15) is 46.5 Å². The summed E-state index contributed by atoms with van der Waals surface area (Å²) >= 11 is 0. The van der Waals surface area contributed by atoms with E-state index in [4.69, 9.17) is 4.43 Å². The highest BCUT2D eigenvalue weighted by Gasteiger charge is 2.43. The summed E-state index contributed by atoms with van der Waals surface area (Å²) in [7, 11) is -1.88. The lowest BCUT2D eigenvalue weighted by molar-refractivity contribution is -0.144. The molecule has 0 bridgehead atoms. The van der Waals surface area contributed by atoms with Crippen LogP contribution in [-0.2, 0) is 9.22 Å². The maximum atomic E-state index is 11.8. The summed E-state index contributed by atoms with van der Waals surface area (Å²) in [4.78, 5) is 11.8. The van der Waals surface area contributed by atoms with Gasteiger partial charge in [-0.15, -0.1) is 0 Å². The van der Waals surface area contributed by atoms with Crippen molar-refractivity contribution in [2.75, 3.05) is 6.61 Å². The molecule has 0 aliphatic heterocycles. The molecule has 1 rings (SSSR count). The molecule has 0 radical (unpaired) electrons. The highest BCUT2D eigenvalue weighted by atomic mass is 28.4. The van der Waals surface area contributed by atoms with E-state index >= 15 is 0 Å². The van der Waals surface area contributed by atoms with Gasteiger partial charge in [-0.1, -0.05) is 20.8 Å². The van der Waals surface area contributed by atoms with Crippen molar-refractivity contribution in [1.82, 2.24) is 0 Å². The lowest BCUT2D eigenvalue weighted by Gasteiger charge is -2.39. The van der Waals surface area contributed by atoms with Crippen LogP contribution < -0.4 is 0 Å². The van der Waals surface area contributed by atoms with E-state index in [0.717, 1.165) is 12.8 Å². The molecule has 0 aromatic heterocycles. The minimum Gasteiger partial charge on any atom is -0.413 e. The van der Waals surface area contributed by atoms with Crippen LogP contribution >= 0.6 is 0 Å². The number of hydrogen-bond donors (Lipinski definition) is 1. The SMILES string of the molecule is CC(C)(C)[Si](C)(C)OC[C@@]1(O)CCCCC1=O. The van der Waals surface area contributed by atoms with Crippen LogP contribution in [0.25, 0.3) is 0 Å². The Morgan fingerprint density at radius 1 is 1.35 bits per heavy atom. The van der Waals surface area contributed by atoms with E-state index in [2.05, 4.69) is 33.9 Å². The molecule has 1 atom stereocenters. The third-order valence-corrected chi connectivity index (χ3v) is 8.72. The van der Waals surface area contributed by atoms with E-state index in [9.17, 15) is 9.90 Å². The van der Waals surface area contributed by atoms with Gasteiger partial charge in [0.2, 0.25) is 0 Å². The van der Waals surface area contributed by atoms with E-state index in [1.54, 1.807) is 0 Å². The molecule has 1 N–H and O–H groups in total. The minimum atomic E-state index is -1.88. The summed E-state index contributed by atoms with van der Waals surface area (Å²) in [5.41, 5.74) is -1.21. The van der Waals surface area contributed by atoms with Crippen molar-refractivity contribution < 1.29 is 14.3 Å². The predicted octanol–water partition coefficient (Wildman–Crippen LogP) is 2.88. The Labute approximate surface area is 106 Å². The fraction of sp³-hybridized carbons (Fsp3) is 0.923. The average molecular weight is 258 g/mol. The maximum absolute atomic E-state index is 11.8. The Morgan fingerprint density at radius 3 is 2.41 bits per heavy atom. The van der Waals surface area contributed by atoms with Gasteiger partial charge in [0.1, 0.15) is 5.60 Å². The first-order valence-corrected chi connectivity index (χ1v) is 9.39. The minimum absolute atomic E-state index is 0.0394. The monoisotopic (exact) mass is 258 g/mol. The summed E-state index contributed by atoms with van der Waals surface area (Å²) < 4.78 is 5.97. The number of hydrogen-bond acceptors (Lipinski definition) is 3. The van der Waals surface area contributed by atoms with Crippen LogP contribution in [0.5, 0.6) is 0 Å². The third-order valence-electron chi connectivity index (χ3n) is 4.24. The quantitative estimate of drug-likeness (QED) is 0.792. The highest BCUT2D eigenvalue weighted by molar-refractivity contribution is 6.74. The van der Waals surface area contributed by atoms with Crippen LogP contribution in [0.2, 0.25) is 18.1 Å². The number of carbonyl (C=O) groups excluding carboxylic acids is 1. The van der Waals surface area contributed by atoms with Crippen molar-refractivity contribution in [3.05, 3.63) is 0 Å². The molecule has 0 amide bonds. The number of ketones is 1. The molecule has 0 saturated heterocycles. The summed E-state index contributed by atoms with van der Waals surface area (Å²) in [6.45, 7) is 10.9. The fourth-order valence-corrected chi connectivity index (χ4v) is 2.78. The molecule has 0 aromatic rings. The van der Waals surface area contributed by atoms with Gasteiger partial charge >= 0.3 is 0 Å².